The second-order valence-corrected chi connectivity index (χ2v) is 1.95. The Balaban J connectivity index is 3.06. The molecule has 1 radical (unpaired) electrons. The van der Waals surface area contributed by atoms with E-state index >= 15 is 0 Å². The van der Waals surface area contributed by atoms with Gasteiger partial charge in [0, 0.05) is 13.0 Å². The lowest BCUT2D eigenvalue weighted by molar-refractivity contribution is -0.121. The standard InChI is InChI=1S/C7H14NO/c1-3-5-7(9)8-6-4-2/h1,3-6H2,2H3,(H,8,9). The van der Waals surface area contributed by atoms with Crippen molar-refractivity contribution >= 4 is 5.91 Å². The number of hydrogen-bond donors (Lipinski definition) is 1. The van der Waals surface area contributed by atoms with Gasteiger partial charge in [0.25, 0.3) is 0 Å². The van der Waals surface area contributed by atoms with E-state index in [1.54, 1.807) is 0 Å². The van der Waals surface area contributed by atoms with Gasteiger partial charge in [-0.15, -0.1) is 0 Å². The van der Waals surface area contributed by atoms with Crippen LogP contribution in [0, 0.1) is 6.92 Å². The minimum absolute atomic E-state index is 0.117. The molecule has 0 aromatic carbocycles. The first kappa shape index (κ1) is 8.47. The normalized spacial score (nSPS) is 9.11. The SMILES string of the molecule is [CH2]CCC(=O)NCCC. The van der Waals surface area contributed by atoms with Gasteiger partial charge < -0.3 is 5.32 Å². The minimum atomic E-state index is 0.117. The molecule has 0 fully saturated rings. The van der Waals surface area contributed by atoms with Gasteiger partial charge >= 0.3 is 0 Å². The molecule has 0 saturated heterocycles. The predicted molar refractivity (Wildman–Crippen MR) is 37.9 cm³/mol. The van der Waals surface area contributed by atoms with Gasteiger partial charge in [0.15, 0.2) is 0 Å². The van der Waals surface area contributed by atoms with Crippen molar-refractivity contribution in [2.75, 3.05) is 6.54 Å². The molecule has 1 N–H and O–H groups in total. The van der Waals surface area contributed by atoms with Gasteiger partial charge in [0.1, 0.15) is 0 Å². The van der Waals surface area contributed by atoms with Crippen molar-refractivity contribution in [3.05, 3.63) is 6.92 Å². The Kier molecular flexibility index (Phi) is 5.27. The maximum Gasteiger partial charge on any atom is 0.219 e. The second-order valence-electron chi connectivity index (χ2n) is 1.95. The zero-order valence-corrected chi connectivity index (χ0v) is 5.94. The minimum Gasteiger partial charge on any atom is -0.356 e. The van der Waals surface area contributed by atoms with Crippen LogP contribution in [-0.4, -0.2) is 12.5 Å². The van der Waals surface area contributed by atoms with E-state index in [4.69, 9.17) is 0 Å². The van der Waals surface area contributed by atoms with Crippen molar-refractivity contribution < 1.29 is 4.79 Å². The highest BCUT2D eigenvalue weighted by molar-refractivity contribution is 5.75. The molecule has 0 aliphatic rings. The molecule has 2 nitrogen and oxygen atoms in total. The fraction of sp³-hybridized carbons (Fsp3) is 0.714. The summed E-state index contributed by atoms with van der Waals surface area (Å²) in [6, 6.07) is 0. The largest absolute Gasteiger partial charge is 0.356 e. The van der Waals surface area contributed by atoms with Crippen LogP contribution in [-0.2, 0) is 4.79 Å². The van der Waals surface area contributed by atoms with Gasteiger partial charge in [0.2, 0.25) is 5.91 Å². The van der Waals surface area contributed by atoms with Crippen LogP contribution in [0.1, 0.15) is 26.2 Å². The summed E-state index contributed by atoms with van der Waals surface area (Å²) < 4.78 is 0. The van der Waals surface area contributed by atoms with Crippen molar-refractivity contribution in [3.8, 4) is 0 Å². The molecule has 0 spiro atoms. The summed E-state index contributed by atoms with van der Waals surface area (Å²) in [6.07, 6.45) is 2.25. The van der Waals surface area contributed by atoms with Crippen LogP contribution in [0.2, 0.25) is 0 Å². The molecular formula is C7H14NO. The number of carbonyl (C=O) groups is 1. The van der Waals surface area contributed by atoms with E-state index in [-0.39, 0.29) is 5.91 Å². The Morgan fingerprint density at radius 1 is 1.67 bits per heavy atom. The molecule has 53 valence electrons. The molecule has 9 heavy (non-hydrogen) atoms. The number of rotatable bonds is 4. The average molecular weight is 128 g/mol. The third-order valence-electron chi connectivity index (χ3n) is 0.976. The molecule has 0 rings (SSSR count). The van der Waals surface area contributed by atoms with Gasteiger partial charge in [-0.1, -0.05) is 13.8 Å². The van der Waals surface area contributed by atoms with Gasteiger partial charge in [0.05, 0.1) is 0 Å². The zero-order valence-electron chi connectivity index (χ0n) is 5.94. The highest BCUT2D eigenvalue weighted by atomic mass is 16.1. The molecule has 0 aromatic heterocycles. The van der Waals surface area contributed by atoms with E-state index in [1.807, 2.05) is 6.92 Å². The Hall–Kier alpha value is -0.530. The van der Waals surface area contributed by atoms with Crippen LogP contribution >= 0.6 is 0 Å². The quantitative estimate of drug-likeness (QED) is 0.604. The summed E-state index contributed by atoms with van der Waals surface area (Å²) in [5, 5.41) is 2.75. The van der Waals surface area contributed by atoms with Crippen molar-refractivity contribution in [1.82, 2.24) is 5.32 Å². The van der Waals surface area contributed by atoms with Crippen LogP contribution in [0.4, 0.5) is 0 Å². The maximum atomic E-state index is 10.7. The average Bonchev–Trinajstić information content (AvgIpc) is 1.85. The lowest BCUT2D eigenvalue weighted by Gasteiger charge is -1.99. The first-order valence-electron chi connectivity index (χ1n) is 3.37. The summed E-state index contributed by atoms with van der Waals surface area (Å²) in [5.41, 5.74) is 0. The molecule has 0 heterocycles. The predicted octanol–water partition coefficient (Wildman–Crippen LogP) is 1.13. The van der Waals surface area contributed by atoms with E-state index in [0.29, 0.717) is 12.8 Å². The first-order valence-corrected chi connectivity index (χ1v) is 3.37. The smallest absolute Gasteiger partial charge is 0.219 e. The van der Waals surface area contributed by atoms with Gasteiger partial charge in [-0.3, -0.25) is 4.79 Å². The van der Waals surface area contributed by atoms with Crippen LogP contribution in [0.15, 0.2) is 0 Å². The fourth-order valence-electron chi connectivity index (χ4n) is 0.513. The molecule has 0 unspecified atom stereocenters. The summed E-state index contributed by atoms with van der Waals surface area (Å²) in [4.78, 5) is 10.7. The fourth-order valence-corrected chi connectivity index (χ4v) is 0.513. The van der Waals surface area contributed by atoms with E-state index < -0.39 is 0 Å². The van der Waals surface area contributed by atoms with Gasteiger partial charge in [-0.25, -0.2) is 0 Å². The summed E-state index contributed by atoms with van der Waals surface area (Å²) >= 11 is 0. The van der Waals surface area contributed by atoms with Gasteiger partial charge in [-0.2, -0.15) is 0 Å². The van der Waals surface area contributed by atoms with Crippen molar-refractivity contribution in [2.45, 2.75) is 26.2 Å². The molecular weight excluding hydrogens is 114 g/mol. The molecule has 0 saturated carbocycles. The Morgan fingerprint density at radius 3 is 2.78 bits per heavy atom. The summed E-state index contributed by atoms with van der Waals surface area (Å²) in [7, 11) is 0. The van der Waals surface area contributed by atoms with Crippen LogP contribution in [0.5, 0.6) is 0 Å². The van der Waals surface area contributed by atoms with Crippen LogP contribution < -0.4 is 5.32 Å². The highest BCUT2D eigenvalue weighted by Gasteiger charge is 1.94. The molecule has 0 aliphatic heterocycles. The summed E-state index contributed by atoms with van der Waals surface area (Å²) in [6.45, 7) is 6.40. The van der Waals surface area contributed by atoms with Crippen LogP contribution in [0.3, 0.4) is 0 Å². The molecule has 2 heteroatoms. The van der Waals surface area contributed by atoms with Crippen molar-refractivity contribution in [3.63, 3.8) is 0 Å². The van der Waals surface area contributed by atoms with E-state index in [9.17, 15) is 4.79 Å². The lowest BCUT2D eigenvalue weighted by Crippen LogP contribution is -2.23. The Bertz CT molecular complexity index is 81.0. The number of hydrogen-bond acceptors (Lipinski definition) is 1. The van der Waals surface area contributed by atoms with E-state index in [2.05, 4.69) is 12.2 Å². The number of carbonyl (C=O) groups excluding carboxylic acids is 1. The van der Waals surface area contributed by atoms with Crippen LogP contribution in [0.25, 0.3) is 0 Å². The number of amides is 1. The third-order valence-corrected chi connectivity index (χ3v) is 0.976. The Labute approximate surface area is 56.6 Å². The molecule has 0 bridgehead atoms. The topological polar surface area (TPSA) is 29.1 Å². The Morgan fingerprint density at radius 2 is 2.33 bits per heavy atom. The maximum absolute atomic E-state index is 10.7. The highest BCUT2D eigenvalue weighted by Crippen LogP contribution is 1.84. The first-order chi connectivity index (χ1) is 4.31. The lowest BCUT2D eigenvalue weighted by atomic mass is 10.3. The zero-order chi connectivity index (χ0) is 7.11. The monoisotopic (exact) mass is 128 g/mol. The van der Waals surface area contributed by atoms with Crippen molar-refractivity contribution in [2.24, 2.45) is 0 Å². The van der Waals surface area contributed by atoms with Crippen molar-refractivity contribution in [1.29, 1.82) is 0 Å². The second kappa shape index (κ2) is 5.60. The number of nitrogens with one attached hydrogen (secondary N) is 1. The molecule has 0 aliphatic carbocycles. The molecule has 1 amide bonds. The third kappa shape index (κ3) is 5.34. The van der Waals surface area contributed by atoms with Gasteiger partial charge in [-0.05, 0) is 12.8 Å². The van der Waals surface area contributed by atoms with E-state index in [1.165, 1.54) is 0 Å². The molecule has 0 aromatic rings. The summed E-state index contributed by atoms with van der Waals surface area (Å²) in [5.74, 6) is 0.117. The molecule has 0 atom stereocenters. The van der Waals surface area contributed by atoms with E-state index in [0.717, 1.165) is 13.0 Å².